The molecule has 0 aliphatic carbocycles. The lowest BCUT2D eigenvalue weighted by molar-refractivity contribution is -0.385. The highest BCUT2D eigenvalue weighted by Gasteiger charge is 2.20. The zero-order chi connectivity index (χ0) is 22.3. The minimum atomic E-state index is -2.57. The number of alkyl halides is 2. The van der Waals surface area contributed by atoms with Gasteiger partial charge in [-0.3, -0.25) is 14.9 Å². The highest BCUT2D eigenvalue weighted by atomic mass is 32.2. The highest BCUT2D eigenvalue weighted by molar-refractivity contribution is 7.99. The molecule has 0 bridgehead atoms. The van der Waals surface area contributed by atoms with Gasteiger partial charge in [0.25, 0.3) is 17.4 Å². The van der Waals surface area contributed by atoms with Gasteiger partial charge in [-0.15, -0.1) is 0 Å². The van der Waals surface area contributed by atoms with Crippen LogP contribution in [0.5, 0.6) is 11.5 Å². The van der Waals surface area contributed by atoms with Crippen LogP contribution in [-0.4, -0.2) is 30.8 Å². The molecule has 2 aromatic carbocycles. The first kappa shape index (κ1) is 22.6. The summed E-state index contributed by atoms with van der Waals surface area (Å²) in [5.74, 6) is -3.10. The van der Waals surface area contributed by atoms with Gasteiger partial charge in [-0.1, -0.05) is 11.8 Å². The van der Waals surface area contributed by atoms with Crippen molar-refractivity contribution in [1.82, 2.24) is 0 Å². The molecule has 0 aromatic heterocycles. The summed E-state index contributed by atoms with van der Waals surface area (Å²) in [6, 6.07) is 9.67. The Hall–Kier alpha value is -3.65. The maximum absolute atomic E-state index is 12.4. The van der Waals surface area contributed by atoms with Crippen molar-refractivity contribution in [2.75, 3.05) is 19.5 Å². The van der Waals surface area contributed by atoms with E-state index in [-0.39, 0.29) is 28.4 Å². The Morgan fingerprint density at radius 2 is 1.83 bits per heavy atom. The van der Waals surface area contributed by atoms with E-state index in [2.05, 4.69) is 5.32 Å². The third kappa shape index (κ3) is 5.68. The van der Waals surface area contributed by atoms with E-state index in [0.717, 1.165) is 12.1 Å². The molecule has 0 unspecified atom stereocenters. The van der Waals surface area contributed by atoms with Crippen molar-refractivity contribution in [3.05, 3.63) is 57.6 Å². The molecule has 2 aromatic rings. The molecule has 0 saturated carbocycles. The van der Waals surface area contributed by atoms with Crippen molar-refractivity contribution in [2.45, 2.75) is 10.7 Å². The number of benzene rings is 2. The smallest absolute Gasteiger partial charge is 0.288 e. The number of anilines is 1. The Bertz CT molecular complexity index is 1020. The first-order valence-corrected chi connectivity index (χ1v) is 9.05. The number of nitrogens with zero attached hydrogens (tertiary/aromatic N) is 2. The standard InChI is InChI=1S/C19H15F2N3O5S/c1-28-16-8-11(15(24(26)27)9-17(16)29-2)7-12(10-22)18(25)23-13-3-5-14(6-4-13)30-19(20)21/h3-9,19H,1-2H3,(H,23,25)/b12-7-. The average molecular weight is 435 g/mol. The SMILES string of the molecule is COc1cc(/C=C(/C#N)C(=O)Nc2ccc(SC(F)F)cc2)c([N+](=O)[O-])cc1OC. The molecule has 0 fully saturated rings. The number of carbonyl (C=O) groups is 1. The number of nitro benzene ring substituents is 1. The molecule has 11 heteroatoms. The third-order valence-corrected chi connectivity index (χ3v) is 4.45. The van der Waals surface area contributed by atoms with Gasteiger partial charge in [0.2, 0.25) is 0 Å². The second-order valence-electron chi connectivity index (χ2n) is 5.55. The topological polar surface area (TPSA) is 114 Å². The molecule has 2 rings (SSSR count). The summed E-state index contributed by atoms with van der Waals surface area (Å²) in [7, 11) is 2.65. The van der Waals surface area contributed by atoms with Crippen molar-refractivity contribution in [2.24, 2.45) is 0 Å². The minimum Gasteiger partial charge on any atom is -0.493 e. The number of hydrogen-bond acceptors (Lipinski definition) is 7. The fourth-order valence-corrected chi connectivity index (χ4v) is 2.88. The number of nitrogens with one attached hydrogen (secondary N) is 1. The Kier molecular flexibility index (Phi) is 7.71. The molecular weight excluding hydrogens is 420 g/mol. The molecule has 1 amide bonds. The molecule has 0 radical (unpaired) electrons. The first-order chi connectivity index (χ1) is 14.3. The van der Waals surface area contributed by atoms with Crippen LogP contribution in [0.3, 0.4) is 0 Å². The number of carbonyl (C=O) groups excluding carboxylic acids is 1. The van der Waals surface area contributed by atoms with Gasteiger partial charge >= 0.3 is 0 Å². The summed E-state index contributed by atoms with van der Waals surface area (Å²) in [5, 5.41) is 23.2. The predicted molar refractivity (Wildman–Crippen MR) is 107 cm³/mol. The lowest BCUT2D eigenvalue weighted by Crippen LogP contribution is -2.13. The average Bonchev–Trinajstić information content (AvgIpc) is 2.72. The Morgan fingerprint density at radius 1 is 1.23 bits per heavy atom. The monoisotopic (exact) mass is 435 g/mol. The summed E-state index contributed by atoms with van der Waals surface area (Å²) >= 11 is 0.354. The molecule has 0 aliphatic rings. The number of methoxy groups -OCH3 is 2. The van der Waals surface area contributed by atoms with Crippen LogP contribution in [0.25, 0.3) is 6.08 Å². The zero-order valence-corrected chi connectivity index (χ0v) is 16.5. The number of rotatable bonds is 8. The fourth-order valence-electron chi connectivity index (χ4n) is 2.38. The van der Waals surface area contributed by atoms with Crippen LogP contribution in [0, 0.1) is 21.4 Å². The molecule has 0 saturated heterocycles. The van der Waals surface area contributed by atoms with Gasteiger partial charge in [0.1, 0.15) is 11.6 Å². The molecule has 0 heterocycles. The van der Waals surface area contributed by atoms with E-state index in [1.165, 1.54) is 44.6 Å². The second kappa shape index (κ2) is 10.2. The Balaban J connectivity index is 2.33. The van der Waals surface area contributed by atoms with Crippen LogP contribution < -0.4 is 14.8 Å². The quantitative estimate of drug-likeness (QED) is 0.214. The number of amides is 1. The summed E-state index contributed by atoms with van der Waals surface area (Å²) in [4.78, 5) is 23.4. The summed E-state index contributed by atoms with van der Waals surface area (Å²) < 4.78 is 34.9. The molecule has 1 N–H and O–H groups in total. The fraction of sp³-hybridized carbons (Fsp3) is 0.158. The Morgan fingerprint density at radius 3 is 2.33 bits per heavy atom. The highest BCUT2D eigenvalue weighted by Crippen LogP contribution is 2.35. The van der Waals surface area contributed by atoms with Crippen LogP contribution in [-0.2, 0) is 4.79 Å². The molecule has 0 atom stereocenters. The number of nitriles is 1. The molecular formula is C19H15F2N3O5S. The molecule has 0 spiro atoms. The van der Waals surface area contributed by atoms with Crippen molar-refractivity contribution in [1.29, 1.82) is 5.26 Å². The normalized spacial score (nSPS) is 11.0. The summed E-state index contributed by atoms with van der Waals surface area (Å²) in [6.07, 6.45) is 1.05. The van der Waals surface area contributed by atoms with E-state index in [0.29, 0.717) is 16.7 Å². The van der Waals surface area contributed by atoms with Gasteiger partial charge in [0.05, 0.1) is 30.8 Å². The summed E-state index contributed by atoms with van der Waals surface area (Å²) in [5.41, 5.74) is -0.562. The van der Waals surface area contributed by atoms with Crippen molar-refractivity contribution >= 4 is 35.1 Å². The van der Waals surface area contributed by atoms with E-state index in [9.17, 15) is 29.0 Å². The van der Waals surface area contributed by atoms with Crippen LogP contribution in [0.1, 0.15) is 5.56 Å². The first-order valence-electron chi connectivity index (χ1n) is 8.17. The number of thioether (sulfide) groups is 1. The van der Waals surface area contributed by atoms with Crippen molar-refractivity contribution in [3.8, 4) is 17.6 Å². The molecule has 8 nitrogen and oxygen atoms in total. The minimum absolute atomic E-state index is 0.0342. The third-order valence-electron chi connectivity index (χ3n) is 3.73. The van der Waals surface area contributed by atoms with E-state index in [1.807, 2.05) is 0 Å². The van der Waals surface area contributed by atoms with E-state index >= 15 is 0 Å². The van der Waals surface area contributed by atoms with E-state index in [4.69, 9.17) is 9.47 Å². The number of halogens is 2. The van der Waals surface area contributed by atoms with Gasteiger partial charge in [0.15, 0.2) is 11.5 Å². The van der Waals surface area contributed by atoms with Gasteiger partial charge in [-0.05, 0) is 36.4 Å². The van der Waals surface area contributed by atoms with Crippen molar-refractivity contribution < 1.29 is 28.0 Å². The van der Waals surface area contributed by atoms with Crippen LogP contribution in [0.2, 0.25) is 0 Å². The second-order valence-corrected chi connectivity index (χ2v) is 6.61. The Labute approximate surface area is 174 Å². The number of nitro groups is 1. The lowest BCUT2D eigenvalue weighted by atomic mass is 10.1. The zero-order valence-electron chi connectivity index (χ0n) is 15.7. The summed E-state index contributed by atoms with van der Waals surface area (Å²) in [6.45, 7) is 0. The largest absolute Gasteiger partial charge is 0.493 e. The van der Waals surface area contributed by atoms with Crippen LogP contribution >= 0.6 is 11.8 Å². The van der Waals surface area contributed by atoms with E-state index < -0.39 is 22.2 Å². The molecule has 30 heavy (non-hydrogen) atoms. The van der Waals surface area contributed by atoms with Gasteiger partial charge < -0.3 is 14.8 Å². The van der Waals surface area contributed by atoms with E-state index in [1.54, 1.807) is 6.07 Å². The van der Waals surface area contributed by atoms with Gasteiger partial charge in [-0.25, -0.2) is 0 Å². The van der Waals surface area contributed by atoms with Gasteiger partial charge in [-0.2, -0.15) is 14.0 Å². The molecule has 156 valence electrons. The number of ether oxygens (including phenoxy) is 2. The van der Waals surface area contributed by atoms with Crippen molar-refractivity contribution in [3.63, 3.8) is 0 Å². The molecule has 0 aliphatic heterocycles. The lowest BCUT2D eigenvalue weighted by Gasteiger charge is -2.09. The van der Waals surface area contributed by atoms with Gasteiger partial charge in [0, 0.05) is 10.6 Å². The maximum atomic E-state index is 12.4. The predicted octanol–water partition coefficient (Wildman–Crippen LogP) is 4.47. The van der Waals surface area contributed by atoms with Crippen LogP contribution in [0.4, 0.5) is 20.2 Å². The maximum Gasteiger partial charge on any atom is 0.288 e. The number of hydrogen-bond donors (Lipinski definition) is 1. The van der Waals surface area contributed by atoms with Crippen LogP contribution in [0.15, 0.2) is 46.9 Å².